The highest BCUT2D eigenvalue weighted by Crippen LogP contribution is 2.55. The highest BCUT2D eigenvalue weighted by molar-refractivity contribution is 5.91. The van der Waals surface area contributed by atoms with Crippen LogP contribution in [-0.4, -0.2) is 0 Å². The van der Waals surface area contributed by atoms with Crippen molar-refractivity contribution >= 4 is 58.4 Å². The predicted molar refractivity (Wildman–Crippen MR) is 408 cm³/mol. The van der Waals surface area contributed by atoms with Crippen molar-refractivity contribution in [3.63, 3.8) is 0 Å². The van der Waals surface area contributed by atoms with Gasteiger partial charge in [0.2, 0.25) is 0 Å². The molecule has 0 saturated carbocycles. The van der Waals surface area contributed by atoms with Crippen LogP contribution in [0.4, 0.5) is 34.1 Å². The van der Waals surface area contributed by atoms with Gasteiger partial charge in [-0.15, -0.1) is 0 Å². The second-order valence-electron chi connectivity index (χ2n) is 29.0. The standard InChI is InChI=1S/C94H76N2/c1-91(2)83-25-17-15-23-75(83)79-51-41-67(57-87(79)91)65-37-43-71(44-38-65)95(69-19-11-9-12-20-69)73-47-53-81-77-49-35-63(55-85(77)93(5,6)89(81)59-73)33-31-61-27-29-62(30-28-61)32-34-64-36-50-78-82-54-48-74(60-90(82)94(7,8)86(78)56-64)96(70-21-13-10-14-22-70)72-45-39-66(40-46-72)68-42-52-80-76-24-16-18-26-84(76)92(3,4)88(80)58-68/h9-60H,1-8H3. The smallest absolute Gasteiger partial charge is 0.0465 e. The zero-order chi connectivity index (χ0) is 65.2. The summed E-state index contributed by atoms with van der Waals surface area (Å²) in [4.78, 5) is 4.80. The number of nitrogens with zero attached hydrogens (tertiary/aromatic N) is 2. The zero-order valence-corrected chi connectivity index (χ0v) is 55.9. The first-order valence-corrected chi connectivity index (χ1v) is 34.0. The van der Waals surface area contributed by atoms with Gasteiger partial charge < -0.3 is 9.80 Å². The van der Waals surface area contributed by atoms with Crippen molar-refractivity contribution in [2.45, 2.75) is 77.0 Å². The Morgan fingerprint density at radius 2 is 0.438 bits per heavy atom. The molecule has 0 bridgehead atoms. The normalized spacial score (nSPS) is 14.9. The molecule has 0 unspecified atom stereocenters. The van der Waals surface area contributed by atoms with E-state index >= 15 is 0 Å². The Balaban J connectivity index is 0.578. The maximum atomic E-state index is 2.43. The van der Waals surface area contributed by atoms with E-state index in [0.29, 0.717) is 0 Å². The van der Waals surface area contributed by atoms with E-state index in [1.165, 1.54) is 134 Å². The number of fused-ring (bicyclic) bond motifs is 12. The van der Waals surface area contributed by atoms with Gasteiger partial charge in [-0.2, -0.15) is 0 Å². The molecule has 462 valence electrons. The molecule has 4 aliphatic carbocycles. The molecule has 0 N–H and O–H groups in total. The average molecular weight is 1230 g/mol. The molecule has 2 nitrogen and oxygen atoms in total. The Morgan fingerprint density at radius 1 is 0.188 bits per heavy atom. The van der Waals surface area contributed by atoms with E-state index < -0.39 is 0 Å². The third-order valence-corrected chi connectivity index (χ3v) is 21.9. The molecule has 0 aliphatic heterocycles. The summed E-state index contributed by atoms with van der Waals surface area (Å²) >= 11 is 0. The average Bonchev–Trinajstić information content (AvgIpc) is 1.62. The van der Waals surface area contributed by atoms with E-state index in [4.69, 9.17) is 0 Å². The van der Waals surface area contributed by atoms with E-state index in [1.807, 2.05) is 0 Å². The molecular weight excluding hydrogens is 1160 g/mol. The topological polar surface area (TPSA) is 6.48 Å². The molecule has 0 heterocycles. The van der Waals surface area contributed by atoms with E-state index in [-0.39, 0.29) is 21.7 Å². The largest absolute Gasteiger partial charge is 0.310 e. The van der Waals surface area contributed by atoms with Crippen LogP contribution >= 0.6 is 0 Å². The quantitative estimate of drug-likeness (QED) is 0.113. The summed E-state index contributed by atoms with van der Waals surface area (Å²) in [6.45, 7) is 18.9. The second-order valence-corrected chi connectivity index (χ2v) is 29.0. The Morgan fingerprint density at radius 3 is 0.823 bits per heavy atom. The van der Waals surface area contributed by atoms with Gasteiger partial charge in [0.05, 0.1) is 0 Å². The summed E-state index contributed by atoms with van der Waals surface area (Å²) in [5, 5.41) is 0. The lowest BCUT2D eigenvalue weighted by molar-refractivity contribution is 0.660. The first kappa shape index (κ1) is 58.7. The molecule has 13 aromatic rings. The fourth-order valence-corrected chi connectivity index (χ4v) is 16.5. The van der Waals surface area contributed by atoms with Gasteiger partial charge in [0.1, 0.15) is 0 Å². The summed E-state index contributed by atoms with van der Waals surface area (Å²) in [5.74, 6) is 0. The molecule has 0 aromatic heterocycles. The van der Waals surface area contributed by atoms with Crippen LogP contribution in [0.25, 0.3) is 91.1 Å². The van der Waals surface area contributed by atoms with Gasteiger partial charge in [-0.05, 0) is 218 Å². The fourth-order valence-electron chi connectivity index (χ4n) is 16.5. The molecule has 0 saturated heterocycles. The van der Waals surface area contributed by atoms with Crippen molar-refractivity contribution in [3.8, 4) is 66.8 Å². The second kappa shape index (κ2) is 22.3. The number of rotatable bonds is 12. The summed E-state index contributed by atoms with van der Waals surface area (Å²) < 4.78 is 0. The van der Waals surface area contributed by atoms with Crippen LogP contribution in [0, 0.1) is 0 Å². The minimum atomic E-state index is -0.204. The van der Waals surface area contributed by atoms with Crippen LogP contribution < -0.4 is 9.80 Å². The maximum absolute atomic E-state index is 2.43. The molecule has 2 heteroatoms. The third kappa shape index (κ3) is 9.59. The summed E-state index contributed by atoms with van der Waals surface area (Å²) in [5.41, 5.74) is 37.6. The number of para-hydroxylation sites is 2. The van der Waals surface area contributed by atoms with Crippen molar-refractivity contribution in [2.75, 3.05) is 9.80 Å². The zero-order valence-electron chi connectivity index (χ0n) is 55.9. The lowest BCUT2D eigenvalue weighted by atomic mass is 9.81. The van der Waals surface area contributed by atoms with Gasteiger partial charge in [0.25, 0.3) is 0 Å². The first-order chi connectivity index (χ1) is 46.6. The van der Waals surface area contributed by atoms with E-state index in [9.17, 15) is 0 Å². The van der Waals surface area contributed by atoms with Gasteiger partial charge in [0, 0.05) is 55.8 Å². The minimum Gasteiger partial charge on any atom is -0.310 e. The van der Waals surface area contributed by atoms with E-state index in [2.05, 4.69) is 381 Å². The monoisotopic (exact) mass is 1230 g/mol. The molecule has 0 spiro atoms. The van der Waals surface area contributed by atoms with E-state index in [0.717, 1.165) is 34.1 Å². The van der Waals surface area contributed by atoms with Crippen molar-refractivity contribution in [1.29, 1.82) is 0 Å². The number of hydrogen-bond acceptors (Lipinski definition) is 2. The first-order valence-electron chi connectivity index (χ1n) is 34.0. The van der Waals surface area contributed by atoms with Crippen LogP contribution in [0.2, 0.25) is 0 Å². The van der Waals surface area contributed by atoms with Gasteiger partial charge in [0.15, 0.2) is 0 Å². The maximum Gasteiger partial charge on any atom is 0.0465 e. The van der Waals surface area contributed by atoms with Gasteiger partial charge >= 0.3 is 0 Å². The third-order valence-electron chi connectivity index (χ3n) is 21.9. The molecular formula is C94H76N2. The van der Waals surface area contributed by atoms with Crippen molar-refractivity contribution in [2.24, 2.45) is 0 Å². The molecule has 96 heavy (non-hydrogen) atoms. The number of benzene rings is 13. The lowest BCUT2D eigenvalue weighted by Gasteiger charge is -2.28. The molecule has 13 aromatic carbocycles. The Bertz CT molecular complexity index is 4970. The Hall–Kier alpha value is -11.1. The van der Waals surface area contributed by atoms with Crippen LogP contribution in [0.3, 0.4) is 0 Å². The van der Waals surface area contributed by atoms with Crippen LogP contribution in [-0.2, 0) is 21.7 Å². The van der Waals surface area contributed by atoms with Crippen molar-refractivity contribution in [1.82, 2.24) is 0 Å². The lowest BCUT2D eigenvalue weighted by Crippen LogP contribution is -2.16. The summed E-state index contributed by atoms with van der Waals surface area (Å²) in [7, 11) is 0. The minimum absolute atomic E-state index is 0.0460. The molecule has 17 rings (SSSR count). The molecule has 0 amide bonds. The Labute approximate surface area is 566 Å². The molecule has 0 radical (unpaired) electrons. The highest BCUT2D eigenvalue weighted by Gasteiger charge is 2.40. The predicted octanol–water partition coefficient (Wildman–Crippen LogP) is 25.5. The van der Waals surface area contributed by atoms with Crippen LogP contribution in [0.5, 0.6) is 0 Å². The van der Waals surface area contributed by atoms with Crippen LogP contribution in [0.15, 0.2) is 291 Å². The summed E-state index contributed by atoms with van der Waals surface area (Å²) in [6.07, 6.45) is 9.01. The van der Waals surface area contributed by atoms with Gasteiger partial charge in [-0.1, -0.05) is 286 Å². The Kier molecular flexibility index (Phi) is 13.6. The van der Waals surface area contributed by atoms with E-state index in [1.54, 1.807) is 0 Å². The number of hydrogen-bond donors (Lipinski definition) is 0. The highest BCUT2D eigenvalue weighted by atomic mass is 15.1. The van der Waals surface area contributed by atoms with Gasteiger partial charge in [-0.3, -0.25) is 0 Å². The number of anilines is 6. The van der Waals surface area contributed by atoms with Crippen molar-refractivity contribution in [3.05, 3.63) is 358 Å². The fraction of sp³-hybridized carbons (Fsp3) is 0.128. The van der Waals surface area contributed by atoms with Crippen molar-refractivity contribution < 1.29 is 0 Å². The SMILES string of the molecule is CC1(C)c2ccccc2-c2ccc(-c3ccc(N(c4ccccc4)c4ccc5c(c4)C(C)(C)c4cc(C=Cc6ccc(C=Cc7ccc8c(c7)C(C)(C)c7cc(N(c9ccccc9)c9ccc(-c%10ccc%11c(c%10)C(C)(C)c%10ccccc%10-%11)cc9)ccc7-8)cc6)ccc4-5)cc3)cc21. The molecule has 0 fully saturated rings. The van der Waals surface area contributed by atoms with Gasteiger partial charge in [-0.25, -0.2) is 0 Å². The molecule has 0 atom stereocenters. The van der Waals surface area contributed by atoms with Crippen LogP contribution in [0.1, 0.15) is 122 Å². The summed E-state index contributed by atoms with van der Waals surface area (Å²) in [6, 6.07) is 109. The molecule has 4 aliphatic rings.